The molecule has 4 heterocycles. The number of amides is 1. The average Bonchev–Trinajstić information content (AvgIpc) is 3.51. The number of carbonyl (C=O) groups excluding carboxylic acids is 1. The Labute approximate surface area is 197 Å². The number of aryl methyl sites for hydroxylation is 3. The second-order valence-electron chi connectivity index (χ2n) is 7.43. The van der Waals surface area contributed by atoms with Crippen molar-refractivity contribution >= 4 is 45.2 Å². The van der Waals surface area contributed by atoms with E-state index in [1.165, 1.54) is 16.9 Å². The Morgan fingerprint density at radius 3 is 2.70 bits per heavy atom. The molecule has 0 fully saturated rings. The summed E-state index contributed by atoms with van der Waals surface area (Å²) in [6, 6.07) is 13.7. The second kappa shape index (κ2) is 8.80. The lowest BCUT2D eigenvalue weighted by Gasteiger charge is -2.06. The van der Waals surface area contributed by atoms with Crippen LogP contribution in [0.1, 0.15) is 33.1 Å². The highest BCUT2D eigenvalue weighted by Crippen LogP contribution is 2.32. The first-order valence-electron chi connectivity index (χ1n) is 10.1. The van der Waals surface area contributed by atoms with E-state index in [1.807, 2.05) is 38.1 Å². The summed E-state index contributed by atoms with van der Waals surface area (Å²) in [6.07, 6.45) is 0. The summed E-state index contributed by atoms with van der Waals surface area (Å²) < 4.78 is 11.8. The van der Waals surface area contributed by atoms with Crippen LogP contribution in [0.3, 0.4) is 0 Å². The largest absolute Gasteiger partial charge is 0.466 e. The molecule has 33 heavy (non-hydrogen) atoms. The molecule has 0 spiro atoms. The molecule has 1 amide bonds. The topological polar surface area (TPSA) is 107 Å². The Hall–Kier alpha value is -3.50. The number of fused-ring (bicyclic) bond motifs is 1. The number of anilines is 1. The molecular formula is C23H19N5O3S2. The third kappa shape index (κ3) is 4.39. The van der Waals surface area contributed by atoms with Crippen molar-refractivity contribution in [2.75, 3.05) is 5.32 Å². The average molecular weight is 478 g/mol. The van der Waals surface area contributed by atoms with Gasteiger partial charge in [-0.25, -0.2) is 4.98 Å². The van der Waals surface area contributed by atoms with Crippen molar-refractivity contribution in [2.24, 2.45) is 0 Å². The van der Waals surface area contributed by atoms with Gasteiger partial charge in [0, 0.05) is 11.3 Å². The van der Waals surface area contributed by atoms with Gasteiger partial charge in [-0.2, -0.15) is 0 Å². The number of furan rings is 1. The quantitative estimate of drug-likeness (QED) is 0.241. The van der Waals surface area contributed by atoms with Crippen molar-refractivity contribution in [3.63, 3.8) is 0 Å². The molecule has 0 unspecified atom stereocenters. The fraction of sp³-hybridized carbons (Fsp3) is 0.174. The zero-order valence-corrected chi connectivity index (χ0v) is 19.7. The van der Waals surface area contributed by atoms with Crippen LogP contribution < -0.4 is 5.32 Å². The van der Waals surface area contributed by atoms with Gasteiger partial charge in [0.05, 0.1) is 22.3 Å². The first-order valence-corrected chi connectivity index (χ1v) is 11.9. The van der Waals surface area contributed by atoms with Crippen LogP contribution in [0.2, 0.25) is 0 Å². The smallest absolute Gasteiger partial charge is 0.259 e. The van der Waals surface area contributed by atoms with Gasteiger partial charge in [0.15, 0.2) is 4.34 Å². The molecule has 0 aliphatic carbocycles. The molecule has 5 rings (SSSR count). The number of nitrogens with zero attached hydrogens (tertiary/aromatic N) is 4. The van der Waals surface area contributed by atoms with E-state index in [4.69, 9.17) is 8.94 Å². The van der Waals surface area contributed by atoms with Gasteiger partial charge in [0.25, 0.3) is 11.6 Å². The van der Waals surface area contributed by atoms with Crippen LogP contribution in [0.25, 0.3) is 22.4 Å². The van der Waals surface area contributed by atoms with Crippen molar-refractivity contribution in [1.82, 2.24) is 20.3 Å². The first-order chi connectivity index (χ1) is 16.0. The van der Waals surface area contributed by atoms with Gasteiger partial charge in [0.2, 0.25) is 5.13 Å². The molecule has 8 nitrogen and oxygen atoms in total. The normalized spacial score (nSPS) is 11.2. The van der Waals surface area contributed by atoms with E-state index in [9.17, 15) is 4.79 Å². The summed E-state index contributed by atoms with van der Waals surface area (Å²) >= 11 is 2.91. The van der Waals surface area contributed by atoms with Gasteiger partial charge in [-0.05, 0) is 38.5 Å². The van der Waals surface area contributed by atoms with Crippen LogP contribution in [0.15, 0.2) is 55.7 Å². The Kier molecular flexibility index (Phi) is 5.69. The molecule has 0 atom stereocenters. The number of rotatable bonds is 6. The van der Waals surface area contributed by atoms with Gasteiger partial charge < -0.3 is 8.94 Å². The van der Waals surface area contributed by atoms with Gasteiger partial charge in [-0.15, -0.1) is 10.2 Å². The maximum Gasteiger partial charge on any atom is 0.259 e. The number of aromatic nitrogens is 4. The third-order valence-electron chi connectivity index (χ3n) is 5.01. The van der Waals surface area contributed by atoms with Crippen LogP contribution in [0.5, 0.6) is 0 Å². The number of nitrogens with one attached hydrogen (secondary N) is 1. The fourth-order valence-corrected chi connectivity index (χ4v) is 5.20. The second-order valence-corrected chi connectivity index (χ2v) is 9.63. The van der Waals surface area contributed by atoms with Crippen LogP contribution in [-0.2, 0) is 5.75 Å². The van der Waals surface area contributed by atoms with E-state index < -0.39 is 0 Å². The predicted octanol–water partition coefficient (Wildman–Crippen LogP) is 5.80. The minimum absolute atomic E-state index is 0.296. The Balaban J connectivity index is 1.41. The van der Waals surface area contributed by atoms with Gasteiger partial charge in [0.1, 0.15) is 11.5 Å². The SMILES string of the molecule is Cc1cc(-c2cc(C(=O)Nc3nnc(SCc4ccccc4)s3)c3c(C)noc3n2)c(C)o1. The summed E-state index contributed by atoms with van der Waals surface area (Å²) in [6.45, 7) is 5.50. The van der Waals surface area contributed by atoms with Gasteiger partial charge in [-0.3, -0.25) is 10.1 Å². The molecule has 0 saturated heterocycles. The fourth-order valence-electron chi connectivity index (χ4n) is 3.50. The van der Waals surface area contributed by atoms with Crippen LogP contribution in [-0.4, -0.2) is 26.2 Å². The van der Waals surface area contributed by atoms with Gasteiger partial charge >= 0.3 is 0 Å². The number of benzene rings is 1. The highest BCUT2D eigenvalue weighted by molar-refractivity contribution is 8.00. The van der Waals surface area contributed by atoms with Crippen LogP contribution in [0.4, 0.5) is 5.13 Å². The first kappa shape index (κ1) is 21.4. The zero-order chi connectivity index (χ0) is 22.9. The van der Waals surface area contributed by atoms with E-state index in [2.05, 4.69) is 37.8 Å². The molecule has 10 heteroatoms. The van der Waals surface area contributed by atoms with Crippen molar-refractivity contribution in [3.05, 3.63) is 70.8 Å². The number of carbonyl (C=O) groups is 1. The van der Waals surface area contributed by atoms with Gasteiger partial charge in [-0.1, -0.05) is 58.6 Å². The third-order valence-corrected chi connectivity index (χ3v) is 7.05. The van der Waals surface area contributed by atoms with E-state index in [0.717, 1.165) is 21.4 Å². The van der Waals surface area contributed by atoms with Crippen LogP contribution >= 0.6 is 23.1 Å². The summed E-state index contributed by atoms with van der Waals surface area (Å²) in [4.78, 5) is 17.8. The number of pyridine rings is 1. The van der Waals surface area contributed by atoms with E-state index in [1.54, 1.807) is 24.8 Å². The molecule has 0 aliphatic rings. The Bertz CT molecular complexity index is 1460. The van der Waals surface area contributed by atoms with E-state index in [-0.39, 0.29) is 5.91 Å². The standard InChI is InChI=1S/C23H19N5O3S2/c1-12-9-16(14(3)30-12)18-10-17(19-13(2)28-31-21(19)24-18)20(29)25-22-26-27-23(33-22)32-11-15-7-5-4-6-8-15/h4-10H,11H2,1-3H3,(H,25,26,29). The summed E-state index contributed by atoms with van der Waals surface area (Å²) in [5, 5.41) is 16.2. The molecular weight excluding hydrogens is 458 g/mol. The lowest BCUT2D eigenvalue weighted by molar-refractivity contribution is 0.102. The van der Waals surface area contributed by atoms with E-state index in [0.29, 0.717) is 38.9 Å². The molecule has 1 N–H and O–H groups in total. The Morgan fingerprint density at radius 1 is 1.12 bits per heavy atom. The molecule has 5 aromatic rings. The predicted molar refractivity (Wildman–Crippen MR) is 128 cm³/mol. The van der Waals surface area contributed by atoms with Crippen molar-refractivity contribution in [2.45, 2.75) is 30.9 Å². The summed E-state index contributed by atoms with van der Waals surface area (Å²) in [5.74, 6) is 1.93. The molecule has 0 aliphatic heterocycles. The van der Waals surface area contributed by atoms with Crippen molar-refractivity contribution in [1.29, 1.82) is 0 Å². The van der Waals surface area contributed by atoms with Crippen LogP contribution in [0, 0.1) is 20.8 Å². The summed E-state index contributed by atoms with van der Waals surface area (Å²) in [7, 11) is 0. The van der Waals surface area contributed by atoms with Crippen molar-refractivity contribution < 1.29 is 13.7 Å². The lowest BCUT2D eigenvalue weighted by atomic mass is 10.1. The van der Waals surface area contributed by atoms with E-state index >= 15 is 0 Å². The molecule has 0 saturated carbocycles. The molecule has 166 valence electrons. The molecule has 4 aromatic heterocycles. The number of hydrogen-bond acceptors (Lipinski definition) is 9. The highest BCUT2D eigenvalue weighted by atomic mass is 32.2. The maximum atomic E-state index is 13.2. The minimum atomic E-state index is -0.330. The number of thioether (sulfide) groups is 1. The number of hydrogen-bond donors (Lipinski definition) is 1. The molecule has 0 radical (unpaired) electrons. The highest BCUT2D eigenvalue weighted by Gasteiger charge is 2.22. The maximum absolute atomic E-state index is 13.2. The lowest BCUT2D eigenvalue weighted by Crippen LogP contribution is -2.13. The monoisotopic (exact) mass is 477 g/mol. The molecule has 0 bridgehead atoms. The molecule has 1 aromatic carbocycles. The Morgan fingerprint density at radius 2 is 1.94 bits per heavy atom. The minimum Gasteiger partial charge on any atom is -0.466 e. The zero-order valence-electron chi connectivity index (χ0n) is 18.1. The summed E-state index contributed by atoms with van der Waals surface area (Å²) in [5.41, 5.74) is 3.86. The van der Waals surface area contributed by atoms with Crippen molar-refractivity contribution in [3.8, 4) is 11.3 Å².